The summed E-state index contributed by atoms with van der Waals surface area (Å²) in [7, 11) is 3.60. The molecule has 0 N–H and O–H groups in total. The van der Waals surface area contributed by atoms with E-state index in [0.29, 0.717) is 36.3 Å². The number of rotatable bonds is 11. The molecule has 2 amide bonds. The van der Waals surface area contributed by atoms with Crippen LogP contribution in [0.25, 0.3) is 0 Å². The number of amides is 2. The first kappa shape index (κ1) is 31.1. The fraction of sp³-hybridized carbons (Fsp3) is 0.529. The molecule has 9 nitrogen and oxygen atoms in total. The molecule has 0 bridgehead atoms. The molecule has 0 saturated heterocycles. The average molecular weight is 622 g/mol. The molecule has 11 heteroatoms. The largest absolute Gasteiger partial charge is 0.449 e. The van der Waals surface area contributed by atoms with Gasteiger partial charge >= 0.3 is 6.09 Å². The van der Waals surface area contributed by atoms with Crippen LogP contribution in [-0.2, 0) is 35.0 Å². The number of hydrogen-bond acceptors (Lipinski definition) is 6. The van der Waals surface area contributed by atoms with Crippen LogP contribution in [-0.4, -0.2) is 57.0 Å². The lowest BCUT2D eigenvalue weighted by Crippen LogP contribution is -2.53. The van der Waals surface area contributed by atoms with E-state index in [-0.39, 0.29) is 36.2 Å². The molecule has 240 valence electrons. The number of nitrogens with zero attached hydrogens (tertiary/aromatic N) is 5. The summed E-state index contributed by atoms with van der Waals surface area (Å²) < 4.78 is 42.2. The lowest BCUT2D eigenvalue weighted by Gasteiger charge is -2.47. The Morgan fingerprint density at radius 1 is 1.20 bits per heavy atom. The van der Waals surface area contributed by atoms with Crippen LogP contribution in [0.3, 0.4) is 0 Å². The van der Waals surface area contributed by atoms with Gasteiger partial charge in [-0.15, -0.1) is 10.2 Å². The second kappa shape index (κ2) is 12.2. The van der Waals surface area contributed by atoms with Gasteiger partial charge in [0.25, 0.3) is 12.3 Å². The highest BCUT2D eigenvalue weighted by molar-refractivity contribution is 6.10. The highest BCUT2D eigenvalue weighted by atomic mass is 19.3. The molecule has 6 rings (SSSR count). The van der Waals surface area contributed by atoms with Crippen molar-refractivity contribution in [3.8, 4) is 0 Å². The van der Waals surface area contributed by atoms with Gasteiger partial charge in [0.2, 0.25) is 0 Å². The number of unbranched alkanes of at least 4 members (excludes halogenated alkanes) is 1. The lowest BCUT2D eigenvalue weighted by molar-refractivity contribution is -0.00696. The third-order valence-corrected chi connectivity index (χ3v) is 10.1. The van der Waals surface area contributed by atoms with E-state index in [0.717, 1.165) is 43.5 Å². The smallest absolute Gasteiger partial charge is 0.410 e. The Hall–Kier alpha value is -3.86. The molecule has 45 heavy (non-hydrogen) atoms. The first-order valence-corrected chi connectivity index (χ1v) is 15.8. The first-order chi connectivity index (χ1) is 21.6. The van der Waals surface area contributed by atoms with E-state index in [9.17, 15) is 18.4 Å². The maximum Gasteiger partial charge on any atom is 0.410 e. The van der Waals surface area contributed by atoms with Crippen LogP contribution in [0.2, 0.25) is 0 Å². The van der Waals surface area contributed by atoms with Crippen molar-refractivity contribution in [1.29, 1.82) is 0 Å². The van der Waals surface area contributed by atoms with Gasteiger partial charge in [0.1, 0.15) is 12.2 Å². The zero-order valence-corrected chi connectivity index (χ0v) is 26.4. The molecule has 3 aromatic rings. The van der Waals surface area contributed by atoms with Gasteiger partial charge < -0.3 is 18.9 Å². The Morgan fingerprint density at radius 2 is 1.98 bits per heavy atom. The van der Waals surface area contributed by atoms with Gasteiger partial charge in [0.15, 0.2) is 0 Å². The molecule has 0 atom stereocenters. The summed E-state index contributed by atoms with van der Waals surface area (Å²) in [5, 5.41) is 8.51. The predicted molar refractivity (Wildman–Crippen MR) is 164 cm³/mol. The number of methoxy groups -OCH3 is 1. The summed E-state index contributed by atoms with van der Waals surface area (Å²) in [6.07, 6.45) is 4.19. The second-order valence-corrected chi connectivity index (χ2v) is 13.0. The third-order valence-electron chi connectivity index (χ3n) is 10.1. The van der Waals surface area contributed by atoms with Gasteiger partial charge in [-0.3, -0.25) is 9.69 Å². The van der Waals surface area contributed by atoms with Crippen molar-refractivity contribution in [1.82, 2.24) is 19.7 Å². The summed E-state index contributed by atoms with van der Waals surface area (Å²) in [5.41, 5.74) is 1.63. The van der Waals surface area contributed by atoms with Crippen LogP contribution < -0.4 is 4.90 Å². The van der Waals surface area contributed by atoms with Crippen LogP contribution in [0.15, 0.2) is 42.7 Å². The maximum atomic E-state index is 14.5. The van der Waals surface area contributed by atoms with Gasteiger partial charge in [-0.1, -0.05) is 25.5 Å². The Kier molecular flexibility index (Phi) is 8.41. The number of aryl methyl sites for hydroxylation is 1. The molecule has 2 aromatic carbocycles. The number of benzene rings is 2. The molecule has 3 aliphatic rings. The molecule has 2 aliphatic carbocycles. The molecule has 0 unspecified atom stereocenters. The summed E-state index contributed by atoms with van der Waals surface area (Å²) in [6.45, 7) is 4.47. The maximum absolute atomic E-state index is 14.5. The monoisotopic (exact) mass is 621 g/mol. The van der Waals surface area contributed by atoms with Crippen molar-refractivity contribution in [3.63, 3.8) is 0 Å². The first-order valence-electron chi connectivity index (χ1n) is 15.8. The van der Waals surface area contributed by atoms with Crippen LogP contribution >= 0.6 is 0 Å². The van der Waals surface area contributed by atoms with E-state index in [2.05, 4.69) is 10.2 Å². The molecule has 2 saturated carbocycles. The standard InChI is InChI=1S/C34H41F2N5O4/c1-5-6-13-45-32(43)41(33(2)11-8-12-33)19-22-14-26(29(35)36)28-20-40(30(42)27(28)15-22)24-10-7-9-23(16-24)34(17-25(18-34)44-4)31-38-37-21-39(31)3/h7,9-10,14-16,21,25,29H,5-6,8,11-13,17-20H2,1-4H3. The van der Waals surface area contributed by atoms with Crippen LogP contribution in [0.5, 0.6) is 0 Å². The number of carbonyl (C=O) groups is 2. The summed E-state index contributed by atoms with van der Waals surface area (Å²) in [5.74, 6) is 0.473. The Labute approximate surface area is 262 Å². The number of ether oxygens (including phenoxy) is 2. The quantitative estimate of drug-likeness (QED) is 0.222. The topological polar surface area (TPSA) is 89.8 Å². The normalized spacial score (nSPS) is 21.8. The van der Waals surface area contributed by atoms with Crippen molar-refractivity contribution < 1.29 is 27.8 Å². The summed E-state index contributed by atoms with van der Waals surface area (Å²) in [4.78, 5) is 30.3. The van der Waals surface area contributed by atoms with Crippen molar-refractivity contribution in [2.24, 2.45) is 7.05 Å². The minimum atomic E-state index is -2.78. The van der Waals surface area contributed by atoms with E-state index in [1.807, 2.05) is 49.7 Å². The predicted octanol–water partition coefficient (Wildman–Crippen LogP) is 6.69. The third kappa shape index (κ3) is 5.49. The van der Waals surface area contributed by atoms with E-state index in [4.69, 9.17) is 9.47 Å². The molecule has 0 radical (unpaired) electrons. The minimum absolute atomic E-state index is 0.0374. The van der Waals surface area contributed by atoms with Gasteiger partial charge in [0.05, 0.1) is 24.7 Å². The van der Waals surface area contributed by atoms with E-state index in [1.165, 1.54) is 6.07 Å². The lowest BCUT2D eigenvalue weighted by atomic mass is 9.62. The fourth-order valence-corrected chi connectivity index (χ4v) is 7.11. The van der Waals surface area contributed by atoms with E-state index in [1.54, 1.807) is 29.3 Å². The Balaban J connectivity index is 1.31. The number of hydrogen-bond donors (Lipinski definition) is 0. The van der Waals surface area contributed by atoms with Crippen molar-refractivity contribution in [3.05, 3.63) is 76.4 Å². The number of alkyl halides is 2. The van der Waals surface area contributed by atoms with Crippen LogP contribution in [0.4, 0.5) is 19.3 Å². The Bertz CT molecular complexity index is 1580. The molecule has 1 aliphatic heterocycles. The second-order valence-electron chi connectivity index (χ2n) is 13.0. The molecule has 2 heterocycles. The minimum Gasteiger partial charge on any atom is -0.449 e. The average Bonchev–Trinajstić information content (AvgIpc) is 3.57. The highest BCUT2D eigenvalue weighted by Gasteiger charge is 2.50. The van der Waals surface area contributed by atoms with Crippen molar-refractivity contribution in [2.45, 2.75) is 95.4 Å². The number of fused-ring (bicyclic) bond motifs is 1. The van der Waals surface area contributed by atoms with E-state index >= 15 is 0 Å². The Morgan fingerprint density at radius 3 is 2.60 bits per heavy atom. The van der Waals surface area contributed by atoms with Crippen molar-refractivity contribution >= 4 is 17.7 Å². The zero-order chi connectivity index (χ0) is 31.9. The van der Waals surface area contributed by atoms with Gasteiger partial charge in [0, 0.05) is 43.1 Å². The van der Waals surface area contributed by atoms with Crippen LogP contribution in [0.1, 0.15) is 104 Å². The summed E-state index contributed by atoms with van der Waals surface area (Å²) in [6, 6.07) is 10.8. The van der Waals surface area contributed by atoms with Gasteiger partial charge in [-0.2, -0.15) is 0 Å². The number of aromatic nitrogens is 3. The SMILES string of the molecule is CCCCOC(=O)N(Cc1cc2c(c(C(F)F)c1)CN(c1cccc(C3(c4nncn4C)CC(OC)C3)c1)C2=O)C1(C)CCC1. The molecular weight excluding hydrogens is 580 g/mol. The van der Waals surface area contributed by atoms with Gasteiger partial charge in [-0.05, 0) is 86.4 Å². The van der Waals surface area contributed by atoms with Gasteiger partial charge in [-0.25, -0.2) is 13.6 Å². The van der Waals surface area contributed by atoms with Crippen molar-refractivity contribution in [2.75, 3.05) is 18.6 Å². The van der Waals surface area contributed by atoms with Crippen LogP contribution in [0, 0.1) is 0 Å². The molecular formula is C34H41F2N5O4. The molecule has 2 fully saturated rings. The fourth-order valence-electron chi connectivity index (χ4n) is 7.11. The zero-order valence-electron chi connectivity index (χ0n) is 26.4. The number of carbonyl (C=O) groups excluding carboxylic acids is 2. The molecule has 0 spiro atoms. The van der Waals surface area contributed by atoms with E-state index < -0.39 is 23.5 Å². The molecule has 1 aromatic heterocycles. The highest BCUT2D eigenvalue weighted by Crippen LogP contribution is 2.50. The number of halogens is 2. The summed E-state index contributed by atoms with van der Waals surface area (Å²) >= 11 is 0. The number of anilines is 1.